The zero-order chi connectivity index (χ0) is 10.7. The molecule has 15 heavy (non-hydrogen) atoms. The summed E-state index contributed by atoms with van der Waals surface area (Å²) in [4.78, 5) is 2.45. The Morgan fingerprint density at radius 2 is 2.00 bits per heavy atom. The van der Waals surface area contributed by atoms with Crippen LogP contribution >= 0.6 is 0 Å². The second-order valence-corrected chi connectivity index (χ2v) is 4.64. The van der Waals surface area contributed by atoms with Gasteiger partial charge < -0.3 is 9.64 Å². The summed E-state index contributed by atoms with van der Waals surface area (Å²) in [5, 5.41) is 0. The van der Waals surface area contributed by atoms with Gasteiger partial charge in [0.05, 0.1) is 13.2 Å². The molecular formula is C13H21NO. The third-order valence-electron chi connectivity index (χ3n) is 3.24. The van der Waals surface area contributed by atoms with E-state index in [0.717, 1.165) is 26.3 Å². The van der Waals surface area contributed by atoms with Crippen LogP contribution in [0.2, 0.25) is 0 Å². The number of allylic oxidation sites excluding steroid dienone is 3. The normalized spacial score (nSPS) is 22.7. The predicted molar refractivity (Wildman–Crippen MR) is 62.6 cm³/mol. The highest BCUT2D eigenvalue weighted by atomic mass is 16.5. The van der Waals surface area contributed by atoms with E-state index in [4.69, 9.17) is 4.74 Å². The van der Waals surface area contributed by atoms with Crippen LogP contribution in [0.3, 0.4) is 0 Å². The standard InChI is InChI=1S/C13H21NO/c1-11(2)12-4-3-5-13(10-12)14-6-8-15-9-7-14/h5,10-11H,3-4,6-9H2,1-2H3. The van der Waals surface area contributed by atoms with Gasteiger partial charge in [-0.1, -0.05) is 25.5 Å². The molecule has 0 saturated carbocycles. The van der Waals surface area contributed by atoms with Crippen LogP contribution in [-0.2, 0) is 4.74 Å². The van der Waals surface area contributed by atoms with Crippen LogP contribution in [0, 0.1) is 5.92 Å². The van der Waals surface area contributed by atoms with Gasteiger partial charge in [-0.15, -0.1) is 0 Å². The Hall–Kier alpha value is -0.760. The number of rotatable bonds is 2. The van der Waals surface area contributed by atoms with Crippen molar-refractivity contribution in [2.45, 2.75) is 26.7 Å². The minimum atomic E-state index is 0.690. The number of ether oxygens (including phenoxy) is 1. The number of hydrogen-bond acceptors (Lipinski definition) is 2. The number of nitrogens with zero attached hydrogens (tertiary/aromatic N) is 1. The van der Waals surface area contributed by atoms with Crippen molar-refractivity contribution in [3.8, 4) is 0 Å². The highest BCUT2D eigenvalue weighted by molar-refractivity contribution is 5.28. The Balaban J connectivity index is 2.05. The second-order valence-electron chi connectivity index (χ2n) is 4.64. The van der Waals surface area contributed by atoms with E-state index in [1.165, 1.54) is 18.5 Å². The van der Waals surface area contributed by atoms with Crippen molar-refractivity contribution in [2.75, 3.05) is 26.3 Å². The van der Waals surface area contributed by atoms with Crippen molar-refractivity contribution < 1.29 is 4.74 Å². The third kappa shape index (κ3) is 2.63. The lowest BCUT2D eigenvalue weighted by atomic mass is 9.93. The molecular weight excluding hydrogens is 186 g/mol. The first-order chi connectivity index (χ1) is 7.27. The fraction of sp³-hybridized carbons (Fsp3) is 0.692. The molecule has 2 heteroatoms. The summed E-state index contributed by atoms with van der Waals surface area (Å²) >= 11 is 0. The smallest absolute Gasteiger partial charge is 0.0642 e. The summed E-state index contributed by atoms with van der Waals surface area (Å²) < 4.78 is 5.38. The molecule has 0 aromatic rings. The van der Waals surface area contributed by atoms with Crippen molar-refractivity contribution in [3.05, 3.63) is 23.4 Å². The van der Waals surface area contributed by atoms with Crippen molar-refractivity contribution in [3.63, 3.8) is 0 Å². The van der Waals surface area contributed by atoms with E-state index >= 15 is 0 Å². The molecule has 2 rings (SSSR count). The third-order valence-corrected chi connectivity index (χ3v) is 3.24. The van der Waals surface area contributed by atoms with Crippen molar-refractivity contribution in [2.24, 2.45) is 5.92 Å². The SMILES string of the molecule is CC(C)C1=CC(N2CCOCC2)=CCC1. The van der Waals surface area contributed by atoms with Gasteiger partial charge in [-0.3, -0.25) is 0 Å². The first-order valence-electron chi connectivity index (χ1n) is 6.00. The van der Waals surface area contributed by atoms with Crippen molar-refractivity contribution in [1.29, 1.82) is 0 Å². The summed E-state index contributed by atoms with van der Waals surface area (Å²) in [6, 6.07) is 0. The van der Waals surface area contributed by atoms with Crippen molar-refractivity contribution >= 4 is 0 Å². The fourth-order valence-corrected chi connectivity index (χ4v) is 2.21. The molecule has 1 fully saturated rings. The summed E-state index contributed by atoms with van der Waals surface area (Å²) in [5.74, 6) is 0.690. The summed E-state index contributed by atoms with van der Waals surface area (Å²) in [7, 11) is 0. The lowest BCUT2D eigenvalue weighted by Crippen LogP contribution is -2.35. The highest BCUT2D eigenvalue weighted by Gasteiger charge is 2.15. The van der Waals surface area contributed by atoms with E-state index in [0.29, 0.717) is 5.92 Å². The summed E-state index contributed by atoms with van der Waals surface area (Å²) in [5.41, 5.74) is 3.02. The Bertz CT molecular complexity index is 272. The highest BCUT2D eigenvalue weighted by Crippen LogP contribution is 2.25. The maximum Gasteiger partial charge on any atom is 0.0642 e. The molecule has 1 saturated heterocycles. The largest absolute Gasteiger partial charge is 0.378 e. The van der Waals surface area contributed by atoms with Gasteiger partial charge in [-0.2, -0.15) is 0 Å². The van der Waals surface area contributed by atoms with Crippen LogP contribution in [0.4, 0.5) is 0 Å². The van der Waals surface area contributed by atoms with E-state index < -0.39 is 0 Å². The average Bonchev–Trinajstić information content (AvgIpc) is 2.30. The molecule has 0 aromatic carbocycles. The van der Waals surface area contributed by atoms with E-state index in [-0.39, 0.29) is 0 Å². The maximum atomic E-state index is 5.38. The van der Waals surface area contributed by atoms with Crippen LogP contribution in [0.25, 0.3) is 0 Å². The van der Waals surface area contributed by atoms with E-state index in [1.807, 2.05) is 0 Å². The molecule has 1 heterocycles. The Kier molecular flexibility index (Phi) is 3.47. The summed E-state index contributed by atoms with van der Waals surface area (Å²) in [6.45, 7) is 8.42. The van der Waals surface area contributed by atoms with Crippen LogP contribution in [-0.4, -0.2) is 31.2 Å². The average molecular weight is 207 g/mol. The lowest BCUT2D eigenvalue weighted by molar-refractivity contribution is 0.0550. The van der Waals surface area contributed by atoms with Gasteiger partial charge in [0.2, 0.25) is 0 Å². The molecule has 0 atom stereocenters. The van der Waals surface area contributed by atoms with Crippen LogP contribution in [0.1, 0.15) is 26.7 Å². The fourth-order valence-electron chi connectivity index (χ4n) is 2.21. The molecule has 1 aliphatic heterocycles. The first-order valence-corrected chi connectivity index (χ1v) is 6.00. The molecule has 0 N–H and O–H groups in total. The van der Waals surface area contributed by atoms with Gasteiger partial charge in [-0.05, 0) is 24.8 Å². The molecule has 0 spiro atoms. The Morgan fingerprint density at radius 1 is 1.27 bits per heavy atom. The van der Waals surface area contributed by atoms with Crippen molar-refractivity contribution in [1.82, 2.24) is 4.90 Å². The van der Waals surface area contributed by atoms with E-state index in [2.05, 4.69) is 30.9 Å². The maximum absolute atomic E-state index is 5.38. The molecule has 2 aliphatic rings. The predicted octanol–water partition coefficient (Wildman–Crippen LogP) is 2.58. The Morgan fingerprint density at radius 3 is 2.67 bits per heavy atom. The molecule has 2 nitrogen and oxygen atoms in total. The van der Waals surface area contributed by atoms with E-state index in [9.17, 15) is 0 Å². The van der Waals surface area contributed by atoms with Gasteiger partial charge >= 0.3 is 0 Å². The summed E-state index contributed by atoms with van der Waals surface area (Å²) in [6.07, 6.45) is 7.21. The zero-order valence-corrected chi connectivity index (χ0v) is 9.83. The monoisotopic (exact) mass is 207 g/mol. The number of hydrogen-bond donors (Lipinski definition) is 0. The van der Waals surface area contributed by atoms with Gasteiger partial charge in [0, 0.05) is 18.8 Å². The zero-order valence-electron chi connectivity index (χ0n) is 9.83. The second kappa shape index (κ2) is 4.84. The number of morpholine rings is 1. The molecule has 0 unspecified atom stereocenters. The molecule has 0 amide bonds. The van der Waals surface area contributed by atoms with Crippen LogP contribution < -0.4 is 0 Å². The molecule has 0 bridgehead atoms. The van der Waals surface area contributed by atoms with Gasteiger partial charge in [0.25, 0.3) is 0 Å². The molecule has 0 radical (unpaired) electrons. The molecule has 1 aliphatic carbocycles. The first kappa shape index (κ1) is 10.7. The lowest BCUT2D eigenvalue weighted by Gasteiger charge is -2.32. The van der Waals surface area contributed by atoms with Gasteiger partial charge in [0.1, 0.15) is 0 Å². The quantitative estimate of drug-likeness (QED) is 0.690. The minimum absolute atomic E-state index is 0.690. The van der Waals surface area contributed by atoms with E-state index in [1.54, 1.807) is 5.57 Å². The minimum Gasteiger partial charge on any atom is -0.378 e. The Labute approximate surface area is 92.6 Å². The topological polar surface area (TPSA) is 12.5 Å². The van der Waals surface area contributed by atoms with Crippen LogP contribution in [0.5, 0.6) is 0 Å². The van der Waals surface area contributed by atoms with Gasteiger partial charge in [-0.25, -0.2) is 0 Å². The molecule has 0 aromatic heterocycles. The molecule has 84 valence electrons. The van der Waals surface area contributed by atoms with Crippen LogP contribution in [0.15, 0.2) is 23.4 Å². The van der Waals surface area contributed by atoms with Gasteiger partial charge in [0.15, 0.2) is 0 Å².